The van der Waals surface area contributed by atoms with Crippen LogP contribution in [0.25, 0.3) is 0 Å². The van der Waals surface area contributed by atoms with Gasteiger partial charge in [0.2, 0.25) is 0 Å². The van der Waals surface area contributed by atoms with Gasteiger partial charge in [0.05, 0.1) is 6.20 Å². The summed E-state index contributed by atoms with van der Waals surface area (Å²) in [5.41, 5.74) is 6.83. The first-order valence-electron chi connectivity index (χ1n) is 7.71. The first-order chi connectivity index (χ1) is 10.1. The van der Waals surface area contributed by atoms with E-state index in [2.05, 4.69) is 31.1 Å². The van der Waals surface area contributed by atoms with E-state index in [-0.39, 0.29) is 24.6 Å². The largest absolute Gasteiger partial charge is 0.482 e. The van der Waals surface area contributed by atoms with Gasteiger partial charge in [-0.3, -0.25) is 9.78 Å². The number of aromatic nitrogens is 1. The van der Waals surface area contributed by atoms with E-state index in [0.29, 0.717) is 5.75 Å². The molecule has 3 N–H and O–H groups in total. The van der Waals surface area contributed by atoms with Crippen molar-refractivity contribution < 1.29 is 9.53 Å². The summed E-state index contributed by atoms with van der Waals surface area (Å²) in [4.78, 5) is 16.0. The monoisotopic (exact) mass is 293 g/mol. The lowest BCUT2D eigenvalue weighted by Gasteiger charge is -2.15. The van der Waals surface area contributed by atoms with Crippen LogP contribution in [0.2, 0.25) is 0 Å². The zero-order valence-corrected chi connectivity index (χ0v) is 13.3. The first kappa shape index (κ1) is 17.4. The van der Waals surface area contributed by atoms with E-state index in [1.54, 1.807) is 6.20 Å². The Morgan fingerprint density at radius 2 is 2.00 bits per heavy atom. The lowest BCUT2D eigenvalue weighted by Crippen LogP contribution is -2.37. The van der Waals surface area contributed by atoms with Gasteiger partial charge in [-0.15, -0.1) is 0 Å². The molecule has 0 aromatic carbocycles. The van der Waals surface area contributed by atoms with Gasteiger partial charge in [0, 0.05) is 24.2 Å². The molecule has 1 aromatic heterocycles. The van der Waals surface area contributed by atoms with Gasteiger partial charge >= 0.3 is 0 Å². The van der Waals surface area contributed by atoms with Crippen LogP contribution < -0.4 is 15.8 Å². The standard InChI is InChI=1S/C16H27N3O2/c1-4-12(17)9-14-7-8-15(10-18-14)21-11-16(20)19-13(5-2)6-3/h7-8,10,12-13H,4-6,9,11,17H2,1-3H3,(H,19,20). The summed E-state index contributed by atoms with van der Waals surface area (Å²) in [5.74, 6) is 0.504. The van der Waals surface area contributed by atoms with Crippen molar-refractivity contribution >= 4 is 5.91 Å². The minimum absolute atomic E-state index is 0.0198. The summed E-state index contributed by atoms with van der Waals surface area (Å²) in [6.07, 6.45) is 5.18. The number of carbonyl (C=O) groups is 1. The summed E-state index contributed by atoms with van der Waals surface area (Å²) in [7, 11) is 0. The normalized spacial score (nSPS) is 12.2. The number of nitrogens with one attached hydrogen (secondary N) is 1. The molecule has 0 aliphatic rings. The van der Waals surface area contributed by atoms with Gasteiger partial charge in [0.1, 0.15) is 5.75 Å². The third-order valence-corrected chi connectivity index (χ3v) is 3.51. The molecule has 0 aliphatic carbocycles. The molecular weight excluding hydrogens is 266 g/mol. The molecular formula is C16H27N3O2. The van der Waals surface area contributed by atoms with E-state index in [4.69, 9.17) is 10.5 Å². The van der Waals surface area contributed by atoms with Crippen LogP contribution in [0.1, 0.15) is 45.7 Å². The molecule has 21 heavy (non-hydrogen) atoms. The first-order valence-corrected chi connectivity index (χ1v) is 7.71. The predicted molar refractivity (Wildman–Crippen MR) is 84.2 cm³/mol. The van der Waals surface area contributed by atoms with Gasteiger partial charge in [-0.05, 0) is 31.4 Å². The quantitative estimate of drug-likeness (QED) is 0.730. The Morgan fingerprint density at radius 3 is 2.52 bits per heavy atom. The highest BCUT2D eigenvalue weighted by Gasteiger charge is 2.09. The zero-order chi connectivity index (χ0) is 15.7. The van der Waals surface area contributed by atoms with Crippen molar-refractivity contribution in [3.63, 3.8) is 0 Å². The molecule has 1 unspecified atom stereocenters. The summed E-state index contributed by atoms with van der Waals surface area (Å²) in [6, 6.07) is 4.07. The van der Waals surface area contributed by atoms with Crippen molar-refractivity contribution in [3.05, 3.63) is 24.0 Å². The van der Waals surface area contributed by atoms with E-state index in [1.807, 2.05) is 12.1 Å². The highest BCUT2D eigenvalue weighted by atomic mass is 16.5. The lowest BCUT2D eigenvalue weighted by atomic mass is 10.1. The van der Waals surface area contributed by atoms with Crippen LogP contribution in [0.5, 0.6) is 5.75 Å². The average Bonchev–Trinajstić information content (AvgIpc) is 2.51. The average molecular weight is 293 g/mol. The molecule has 1 heterocycles. The van der Waals surface area contributed by atoms with Crippen LogP contribution in [0.3, 0.4) is 0 Å². The number of carbonyl (C=O) groups excluding carboxylic acids is 1. The molecule has 1 atom stereocenters. The number of nitrogens with two attached hydrogens (primary N) is 1. The summed E-state index contributed by atoms with van der Waals surface area (Å²) < 4.78 is 5.44. The van der Waals surface area contributed by atoms with Crippen molar-refractivity contribution in [2.24, 2.45) is 5.73 Å². The van der Waals surface area contributed by atoms with Crippen LogP contribution in [-0.2, 0) is 11.2 Å². The van der Waals surface area contributed by atoms with Gasteiger partial charge in [-0.2, -0.15) is 0 Å². The molecule has 1 amide bonds. The fourth-order valence-corrected chi connectivity index (χ4v) is 1.94. The van der Waals surface area contributed by atoms with Crippen LogP contribution in [0.4, 0.5) is 0 Å². The SMILES string of the molecule is CCC(N)Cc1ccc(OCC(=O)NC(CC)CC)cn1. The molecule has 1 rings (SSSR count). The number of hydrogen-bond acceptors (Lipinski definition) is 4. The molecule has 1 aromatic rings. The Hall–Kier alpha value is -1.62. The van der Waals surface area contributed by atoms with Crippen molar-refractivity contribution in [1.82, 2.24) is 10.3 Å². The second-order valence-corrected chi connectivity index (χ2v) is 5.23. The molecule has 0 saturated heterocycles. The molecule has 0 aliphatic heterocycles. The van der Waals surface area contributed by atoms with Gasteiger partial charge < -0.3 is 15.8 Å². The summed E-state index contributed by atoms with van der Waals surface area (Å²) in [6.45, 7) is 6.19. The van der Waals surface area contributed by atoms with Crippen LogP contribution in [-0.4, -0.2) is 29.6 Å². The maximum Gasteiger partial charge on any atom is 0.258 e. The fourth-order valence-electron chi connectivity index (χ4n) is 1.94. The fraction of sp³-hybridized carbons (Fsp3) is 0.625. The number of pyridine rings is 1. The maximum atomic E-state index is 11.7. The van der Waals surface area contributed by atoms with Crippen molar-refractivity contribution in [2.45, 2.75) is 58.5 Å². The van der Waals surface area contributed by atoms with Crippen molar-refractivity contribution in [1.29, 1.82) is 0 Å². The predicted octanol–water partition coefficient (Wildman–Crippen LogP) is 2.04. The van der Waals surface area contributed by atoms with Crippen LogP contribution >= 0.6 is 0 Å². The van der Waals surface area contributed by atoms with E-state index in [9.17, 15) is 4.79 Å². The van der Waals surface area contributed by atoms with Crippen molar-refractivity contribution in [3.8, 4) is 5.75 Å². The number of nitrogens with zero attached hydrogens (tertiary/aromatic N) is 1. The van der Waals surface area contributed by atoms with Gasteiger partial charge in [-0.1, -0.05) is 20.8 Å². The number of amides is 1. The molecule has 5 nitrogen and oxygen atoms in total. The Morgan fingerprint density at radius 1 is 1.29 bits per heavy atom. The Balaban J connectivity index is 2.40. The molecule has 0 fully saturated rings. The smallest absolute Gasteiger partial charge is 0.258 e. The Labute approximate surface area is 127 Å². The Bertz CT molecular complexity index is 416. The molecule has 0 saturated carbocycles. The molecule has 0 bridgehead atoms. The zero-order valence-electron chi connectivity index (χ0n) is 13.3. The second kappa shape index (κ2) is 9.34. The minimum Gasteiger partial charge on any atom is -0.482 e. The number of rotatable bonds is 9. The van der Waals surface area contributed by atoms with Gasteiger partial charge in [-0.25, -0.2) is 0 Å². The maximum absolute atomic E-state index is 11.7. The second-order valence-electron chi connectivity index (χ2n) is 5.23. The number of hydrogen-bond donors (Lipinski definition) is 2. The lowest BCUT2D eigenvalue weighted by molar-refractivity contribution is -0.123. The topological polar surface area (TPSA) is 77.2 Å². The summed E-state index contributed by atoms with van der Waals surface area (Å²) in [5, 5.41) is 2.93. The highest BCUT2D eigenvalue weighted by molar-refractivity contribution is 5.77. The number of ether oxygens (including phenoxy) is 1. The van der Waals surface area contributed by atoms with Gasteiger partial charge in [0.15, 0.2) is 6.61 Å². The minimum atomic E-state index is -0.0965. The highest BCUT2D eigenvalue weighted by Crippen LogP contribution is 2.10. The Kier molecular flexibility index (Phi) is 7.75. The summed E-state index contributed by atoms with van der Waals surface area (Å²) >= 11 is 0. The van der Waals surface area contributed by atoms with E-state index < -0.39 is 0 Å². The van der Waals surface area contributed by atoms with Crippen molar-refractivity contribution in [2.75, 3.05) is 6.61 Å². The molecule has 5 heteroatoms. The van der Waals surface area contributed by atoms with Gasteiger partial charge in [0.25, 0.3) is 5.91 Å². The van der Waals surface area contributed by atoms with E-state index >= 15 is 0 Å². The molecule has 0 radical (unpaired) electrons. The van der Waals surface area contributed by atoms with Crippen LogP contribution in [0, 0.1) is 0 Å². The van der Waals surface area contributed by atoms with E-state index in [0.717, 1.165) is 31.4 Å². The van der Waals surface area contributed by atoms with E-state index in [1.165, 1.54) is 0 Å². The molecule has 0 spiro atoms. The molecule has 118 valence electrons. The third-order valence-electron chi connectivity index (χ3n) is 3.51. The third kappa shape index (κ3) is 6.58. The van der Waals surface area contributed by atoms with Crippen LogP contribution in [0.15, 0.2) is 18.3 Å².